The topological polar surface area (TPSA) is 70.0 Å². The van der Waals surface area contributed by atoms with Crippen LogP contribution in [0.3, 0.4) is 0 Å². The summed E-state index contributed by atoms with van der Waals surface area (Å²) in [5.41, 5.74) is 3.99. The molecule has 0 amide bonds. The lowest BCUT2D eigenvalue weighted by Crippen LogP contribution is -2.39. The molecule has 0 saturated carbocycles. The first-order valence-electron chi connectivity index (χ1n) is 10.8. The molecular weight excluding hydrogens is 414 g/mol. The summed E-state index contributed by atoms with van der Waals surface area (Å²) >= 11 is 0. The second kappa shape index (κ2) is 8.06. The Bertz CT molecular complexity index is 1610. The van der Waals surface area contributed by atoms with Crippen molar-refractivity contribution in [1.82, 2.24) is 14.1 Å². The van der Waals surface area contributed by atoms with Gasteiger partial charge in [0.1, 0.15) is 11.5 Å². The molecule has 0 spiro atoms. The average molecular weight is 437 g/mol. The summed E-state index contributed by atoms with van der Waals surface area (Å²) in [6, 6.07) is 22.4. The normalized spacial score (nSPS) is 11.2. The number of aryl methyl sites for hydroxylation is 3. The van der Waals surface area contributed by atoms with E-state index in [9.17, 15) is 9.59 Å². The van der Waals surface area contributed by atoms with Crippen LogP contribution in [-0.2, 0) is 6.54 Å². The van der Waals surface area contributed by atoms with Crippen LogP contribution in [0.25, 0.3) is 28.0 Å². The maximum Gasteiger partial charge on any atom is 0.336 e. The number of hydrogen-bond donors (Lipinski definition) is 0. The highest BCUT2D eigenvalue weighted by Crippen LogP contribution is 2.22. The third kappa shape index (κ3) is 3.59. The van der Waals surface area contributed by atoms with Crippen molar-refractivity contribution in [1.29, 1.82) is 0 Å². The van der Waals surface area contributed by atoms with E-state index in [1.165, 1.54) is 4.57 Å². The number of hydrogen-bond acceptors (Lipinski definition) is 4. The molecule has 0 radical (unpaired) electrons. The van der Waals surface area contributed by atoms with E-state index in [1.807, 2.05) is 69.3 Å². The van der Waals surface area contributed by atoms with E-state index in [2.05, 4.69) is 4.98 Å². The van der Waals surface area contributed by atoms with Crippen LogP contribution in [0.2, 0.25) is 0 Å². The van der Waals surface area contributed by atoms with Crippen molar-refractivity contribution in [3.8, 4) is 17.1 Å². The first-order chi connectivity index (χ1) is 15.9. The molecule has 2 aromatic heterocycles. The Labute approximate surface area is 190 Å². The number of nitrogens with zero attached hydrogens (tertiary/aromatic N) is 3. The van der Waals surface area contributed by atoms with Gasteiger partial charge in [-0.3, -0.25) is 9.36 Å². The fourth-order valence-corrected chi connectivity index (χ4v) is 3.99. The number of aromatic nitrogens is 3. The highest BCUT2D eigenvalue weighted by Gasteiger charge is 2.18. The maximum absolute atomic E-state index is 13.7. The SMILES string of the molecule is Cc1ccc(-n2c(=O)c3ccccc3n(Cc3nc(-c4ccccc4)oc3C)c2=O)cc1C. The molecule has 0 fully saturated rings. The first kappa shape index (κ1) is 20.7. The van der Waals surface area contributed by atoms with E-state index in [0.717, 1.165) is 16.7 Å². The lowest BCUT2D eigenvalue weighted by Gasteiger charge is -2.14. The molecule has 5 rings (SSSR count). The van der Waals surface area contributed by atoms with Crippen molar-refractivity contribution in [3.05, 3.63) is 116 Å². The Morgan fingerprint density at radius 3 is 2.33 bits per heavy atom. The molecular formula is C27H23N3O3. The van der Waals surface area contributed by atoms with Crippen LogP contribution in [0.1, 0.15) is 22.6 Å². The minimum atomic E-state index is -0.411. The molecule has 0 aliphatic carbocycles. The van der Waals surface area contributed by atoms with Crippen molar-refractivity contribution in [2.45, 2.75) is 27.3 Å². The van der Waals surface area contributed by atoms with Crippen LogP contribution in [0.4, 0.5) is 0 Å². The number of para-hydroxylation sites is 1. The van der Waals surface area contributed by atoms with Gasteiger partial charge in [0, 0.05) is 5.56 Å². The molecule has 6 nitrogen and oxygen atoms in total. The first-order valence-corrected chi connectivity index (χ1v) is 10.8. The van der Waals surface area contributed by atoms with Gasteiger partial charge in [-0.05, 0) is 68.3 Å². The van der Waals surface area contributed by atoms with Crippen molar-refractivity contribution in [3.63, 3.8) is 0 Å². The highest BCUT2D eigenvalue weighted by atomic mass is 16.4. The Hall–Kier alpha value is -4.19. The van der Waals surface area contributed by atoms with Crippen molar-refractivity contribution >= 4 is 10.9 Å². The number of benzene rings is 3. The summed E-state index contributed by atoms with van der Waals surface area (Å²) in [5, 5.41) is 0.472. The zero-order valence-electron chi connectivity index (χ0n) is 18.7. The second-order valence-corrected chi connectivity index (χ2v) is 8.18. The molecule has 0 unspecified atom stereocenters. The third-order valence-corrected chi connectivity index (χ3v) is 6.02. The lowest BCUT2D eigenvalue weighted by molar-refractivity contribution is 0.537. The Morgan fingerprint density at radius 1 is 0.848 bits per heavy atom. The maximum atomic E-state index is 13.7. The van der Waals surface area contributed by atoms with E-state index in [4.69, 9.17) is 4.42 Å². The van der Waals surface area contributed by atoms with Gasteiger partial charge in [0.05, 0.1) is 23.1 Å². The molecule has 0 aliphatic rings. The summed E-state index contributed by atoms with van der Waals surface area (Å²) in [7, 11) is 0. The molecule has 164 valence electrons. The van der Waals surface area contributed by atoms with E-state index in [1.54, 1.807) is 28.8 Å². The molecule has 33 heavy (non-hydrogen) atoms. The van der Waals surface area contributed by atoms with Gasteiger partial charge in [0.2, 0.25) is 5.89 Å². The van der Waals surface area contributed by atoms with Gasteiger partial charge in [-0.1, -0.05) is 36.4 Å². The number of fused-ring (bicyclic) bond motifs is 1. The molecule has 0 atom stereocenters. The molecule has 3 aromatic carbocycles. The fourth-order valence-electron chi connectivity index (χ4n) is 3.99. The van der Waals surface area contributed by atoms with Crippen molar-refractivity contribution < 1.29 is 4.42 Å². The second-order valence-electron chi connectivity index (χ2n) is 8.18. The summed E-state index contributed by atoms with van der Waals surface area (Å²) in [5.74, 6) is 1.14. The molecule has 0 aliphatic heterocycles. The van der Waals surface area contributed by atoms with Crippen molar-refractivity contribution in [2.75, 3.05) is 0 Å². The van der Waals surface area contributed by atoms with Crippen LogP contribution in [0.5, 0.6) is 0 Å². The summed E-state index contributed by atoms with van der Waals surface area (Å²) < 4.78 is 8.72. The van der Waals surface area contributed by atoms with Gasteiger partial charge in [0.25, 0.3) is 5.56 Å². The van der Waals surface area contributed by atoms with E-state index in [0.29, 0.717) is 33.9 Å². The van der Waals surface area contributed by atoms with E-state index in [-0.39, 0.29) is 12.1 Å². The predicted octanol–water partition coefficient (Wildman–Crippen LogP) is 4.78. The largest absolute Gasteiger partial charge is 0.441 e. The number of oxazole rings is 1. The van der Waals surface area contributed by atoms with Gasteiger partial charge in [0.15, 0.2) is 0 Å². The van der Waals surface area contributed by atoms with E-state index >= 15 is 0 Å². The minimum Gasteiger partial charge on any atom is -0.441 e. The standard InChI is InChI=1S/C27H23N3O3/c1-17-13-14-21(15-18(17)2)30-26(31)22-11-7-8-12-24(22)29(27(30)32)16-23-19(3)33-25(28-23)20-9-5-4-6-10-20/h4-15H,16H2,1-3H3. The Kier molecular flexibility index (Phi) is 5.05. The Balaban J connectivity index is 1.71. The third-order valence-electron chi connectivity index (χ3n) is 6.02. The average Bonchev–Trinajstić information content (AvgIpc) is 3.20. The van der Waals surface area contributed by atoms with Crippen LogP contribution in [-0.4, -0.2) is 14.1 Å². The predicted molar refractivity (Wildman–Crippen MR) is 129 cm³/mol. The highest BCUT2D eigenvalue weighted by molar-refractivity contribution is 5.78. The molecule has 0 bridgehead atoms. The Morgan fingerprint density at radius 2 is 1.58 bits per heavy atom. The van der Waals surface area contributed by atoms with Gasteiger partial charge in [-0.2, -0.15) is 0 Å². The van der Waals surface area contributed by atoms with Crippen LogP contribution in [0, 0.1) is 20.8 Å². The van der Waals surface area contributed by atoms with E-state index < -0.39 is 5.69 Å². The quantitative estimate of drug-likeness (QED) is 0.406. The summed E-state index contributed by atoms with van der Waals surface area (Å²) in [6.45, 7) is 5.99. The lowest BCUT2D eigenvalue weighted by atomic mass is 10.1. The van der Waals surface area contributed by atoms with Crippen LogP contribution in [0.15, 0.2) is 86.8 Å². The van der Waals surface area contributed by atoms with Gasteiger partial charge >= 0.3 is 5.69 Å². The molecule has 0 saturated heterocycles. The van der Waals surface area contributed by atoms with Gasteiger partial charge in [-0.15, -0.1) is 0 Å². The summed E-state index contributed by atoms with van der Waals surface area (Å²) in [6.07, 6.45) is 0. The van der Waals surface area contributed by atoms with Gasteiger partial charge < -0.3 is 4.42 Å². The van der Waals surface area contributed by atoms with Crippen LogP contribution >= 0.6 is 0 Å². The monoisotopic (exact) mass is 437 g/mol. The smallest absolute Gasteiger partial charge is 0.336 e. The molecule has 5 aromatic rings. The molecule has 6 heteroatoms. The molecule has 0 N–H and O–H groups in total. The number of rotatable bonds is 4. The minimum absolute atomic E-state index is 0.187. The van der Waals surface area contributed by atoms with Crippen LogP contribution < -0.4 is 11.2 Å². The van der Waals surface area contributed by atoms with Gasteiger partial charge in [-0.25, -0.2) is 14.3 Å². The fraction of sp³-hybridized carbons (Fsp3) is 0.148. The molecule has 2 heterocycles. The summed E-state index contributed by atoms with van der Waals surface area (Å²) in [4.78, 5) is 31.6. The zero-order valence-corrected chi connectivity index (χ0v) is 18.7. The van der Waals surface area contributed by atoms with Crippen molar-refractivity contribution in [2.24, 2.45) is 0 Å². The zero-order chi connectivity index (χ0) is 23.1.